The van der Waals surface area contributed by atoms with Crippen LogP contribution in [-0.2, 0) is 13.1 Å². The molecule has 0 saturated heterocycles. The van der Waals surface area contributed by atoms with Gasteiger partial charge in [-0.15, -0.1) is 0 Å². The van der Waals surface area contributed by atoms with Gasteiger partial charge < -0.3 is 14.6 Å². The molecule has 0 aliphatic carbocycles. The molecule has 1 heterocycles. The van der Waals surface area contributed by atoms with Gasteiger partial charge >= 0.3 is 0 Å². The number of rotatable bonds is 7. The summed E-state index contributed by atoms with van der Waals surface area (Å²) in [6.07, 6.45) is 1.14. The predicted molar refractivity (Wildman–Crippen MR) is 84.0 cm³/mol. The highest BCUT2D eigenvalue weighted by atomic mass is 16.3. The highest BCUT2D eigenvalue weighted by molar-refractivity contribution is 5.46. The van der Waals surface area contributed by atoms with Crippen molar-refractivity contribution in [2.24, 2.45) is 0 Å². The summed E-state index contributed by atoms with van der Waals surface area (Å²) in [5.74, 6) is 2.04. The van der Waals surface area contributed by atoms with Crippen LogP contribution in [0.1, 0.15) is 30.4 Å². The average molecular weight is 272 g/mol. The molecule has 0 spiro atoms. The summed E-state index contributed by atoms with van der Waals surface area (Å²) in [7, 11) is 2.11. The molecule has 0 fully saturated rings. The number of hydrogen-bond donors (Lipinski definition) is 1. The molecule has 1 N–H and O–H groups in total. The summed E-state index contributed by atoms with van der Waals surface area (Å²) >= 11 is 0. The van der Waals surface area contributed by atoms with Crippen LogP contribution < -0.4 is 10.2 Å². The number of para-hydroxylation sites is 1. The van der Waals surface area contributed by atoms with Gasteiger partial charge in [0.2, 0.25) is 0 Å². The van der Waals surface area contributed by atoms with E-state index in [9.17, 15) is 0 Å². The Morgan fingerprint density at radius 2 is 1.95 bits per heavy atom. The number of anilines is 1. The van der Waals surface area contributed by atoms with E-state index in [-0.39, 0.29) is 0 Å². The molecule has 1 aromatic heterocycles. The molecule has 0 bridgehead atoms. The maximum atomic E-state index is 5.81. The summed E-state index contributed by atoms with van der Waals surface area (Å²) in [6.45, 7) is 6.91. The zero-order valence-electron chi connectivity index (χ0n) is 12.6. The van der Waals surface area contributed by atoms with Crippen LogP contribution in [0.4, 0.5) is 5.69 Å². The Bertz CT molecular complexity index is 519. The molecule has 2 aromatic rings. The Hall–Kier alpha value is -1.74. The fourth-order valence-corrected chi connectivity index (χ4v) is 2.25. The van der Waals surface area contributed by atoms with Crippen LogP contribution in [0.3, 0.4) is 0 Å². The summed E-state index contributed by atoms with van der Waals surface area (Å²) in [5, 5.41) is 3.37. The van der Waals surface area contributed by atoms with Crippen molar-refractivity contribution in [2.75, 3.05) is 18.5 Å². The van der Waals surface area contributed by atoms with E-state index in [1.54, 1.807) is 0 Å². The second-order valence-electron chi connectivity index (χ2n) is 5.16. The first-order chi connectivity index (χ1) is 9.70. The van der Waals surface area contributed by atoms with Crippen molar-refractivity contribution in [1.82, 2.24) is 5.32 Å². The van der Waals surface area contributed by atoms with E-state index >= 15 is 0 Å². The van der Waals surface area contributed by atoms with E-state index in [2.05, 4.69) is 54.5 Å². The number of furan rings is 1. The lowest BCUT2D eigenvalue weighted by Crippen LogP contribution is -2.16. The molecule has 0 unspecified atom stereocenters. The Balaban J connectivity index is 1.99. The molecule has 3 nitrogen and oxygen atoms in total. The van der Waals surface area contributed by atoms with Gasteiger partial charge in [-0.3, -0.25) is 0 Å². The highest BCUT2D eigenvalue weighted by Gasteiger charge is 2.10. The monoisotopic (exact) mass is 272 g/mol. The van der Waals surface area contributed by atoms with Crippen LogP contribution in [0.25, 0.3) is 0 Å². The highest BCUT2D eigenvalue weighted by Crippen LogP contribution is 2.20. The fourth-order valence-electron chi connectivity index (χ4n) is 2.25. The van der Waals surface area contributed by atoms with Gasteiger partial charge in [-0.05, 0) is 38.1 Å². The molecular weight excluding hydrogens is 248 g/mol. The molecule has 20 heavy (non-hydrogen) atoms. The first-order valence-electron chi connectivity index (χ1n) is 7.25. The van der Waals surface area contributed by atoms with Gasteiger partial charge in [0.25, 0.3) is 0 Å². The van der Waals surface area contributed by atoms with Crippen molar-refractivity contribution in [1.29, 1.82) is 0 Å². The Morgan fingerprint density at radius 3 is 2.65 bits per heavy atom. The minimum Gasteiger partial charge on any atom is -0.465 e. The van der Waals surface area contributed by atoms with E-state index in [0.717, 1.165) is 37.6 Å². The lowest BCUT2D eigenvalue weighted by atomic mass is 10.2. The van der Waals surface area contributed by atoms with Crippen LogP contribution in [-0.4, -0.2) is 13.6 Å². The van der Waals surface area contributed by atoms with E-state index < -0.39 is 0 Å². The quantitative estimate of drug-likeness (QED) is 0.779. The standard InChI is InChI=1S/C17H24N2O/c1-4-10-18-12-17-11-15(14(2)20-17)13-19(3)16-8-6-5-7-9-16/h5-9,11,18H,4,10,12-13H2,1-3H3. The van der Waals surface area contributed by atoms with Gasteiger partial charge in [0.15, 0.2) is 0 Å². The van der Waals surface area contributed by atoms with Crippen LogP contribution in [0, 0.1) is 6.92 Å². The molecule has 0 amide bonds. The SMILES string of the molecule is CCCNCc1cc(CN(C)c2ccccc2)c(C)o1. The minimum absolute atomic E-state index is 0.809. The van der Waals surface area contributed by atoms with Crippen LogP contribution >= 0.6 is 0 Å². The minimum atomic E-state index is 0.809. The molecule has 108 valence electrons. The topological polar surface area (TPSA) is 28.4 Å². The number of aryl methyl sites for hydroxylation is 1. The summed E-state index contributed by atoms with van der Waals surface area (Å²) in [6, 6.07) is 12.6. The molecule has 0 radical (unpaired) electrons. The Kier molecular flexibility index (Phi) is 5.24. The molecule has 0 aliphatic heterocycles. The number of hydrogen-bond acceptors (Lipinski definition) is 3. The lowest BCUT2D eigenvalue weighted by molar-refractivity contribution is 0.460. The molecule has 0 aliphatic rings. The van der Waals surface area contributed by atoms with Crippen molar-refractivity contribution >= 4 is 5.69 Å². The van der Waals surface area contributed by atoms with Crippen LogP contribution in [0.2, 0.25) is 0 Å². The van der Waals surface area contributed by atoms with Crippen molar-refractivity contribution in [3.8, 4) is 0 Å². The third-order valence-electron chi connectivity index (χ3n) is 3.40. The maximum absolute atomic E-state index is 5.81. The fraction of sp³-hybridized carbons (Fsp3) is 0.412. The third kappa shape index (κ3) is 3.87. The summed E-state index contributed by atoms with van der Waals surface area (Å²) in [5.41, 5.74) is 2.48. The molecule has 1 aromatic carbocycles. The van der Waals surface area contributed by atoms with Gasteiger partial charge in [-0.2, -0.15) is 0 Å². The Labute approximate surface area is 121 Å². The van der Waals surface area contributed by atoms with E-state index in [0.29, 0.717) is 0 Å². The van der Waals surface area contributed by atoms with Crippen LogP contribution in [0.5, 0.6) is 0 Å². The van der Waals surface area contributed by atoms with Crippen molar-refractivity contribution in [3.05, 3.63) is 53.5 Å². The number of benzene rings is 1. The van der Waals surface area contributed by atoms with Crippen molar-refractivity contribution in [2.45, 2.75) is 33.4 Å². The van der Waals surface area contributed by atoms with Gasteiger partial charge in [0.05, 0.1) is 6.54 Å². The average Bonchev–Trinajstić information content (AvgIpc) is 2.80. The van der Waals surface area contributed by atoms with E-state index in [1.165, 1.54) is 11.3 Å². The number of nitrogens with one attached hydrogen (secondary N) is 1. The molecule has 3 heteroatoms. The Morgan fingerprint density at radius 1 is 1.20 bits per heavy atom. The van der Waals surface area contributed by atoms with E-state index in [1.807, 2.05) is 13.0 Å². The molecular formula is C17H24N2O. The lowest BCUT2D eigenvalue weighted by Gasteiger charge is -2.18. The molecule has 0 atom stereocenters. The van der Waals surface area contributed by atoms with E-state index in [4.69, 9.17) is 4.42 Å². The predicted octanol–water partition coefficient (Wildman–Crippen LogP) is 3.72. The smallest absolute Gasteiger partial charge is 0.118 e. The normalized spacial score (nSPS) is 10.8. The maximum Gasteiger partial charge on any atom is 0.118 e. The van der Waals surface area contributed by atoms with Gasteiger partial charge in [0, 0.05) is 24.8 Å². The second-order valence-corrected chi connectivity index (χ2v) is 5.16. The van der Waals surface area contributed by atoms with Gasteiger partial charge in [0.1, 0.15) is 11.5 Å². The summed E-state index contributed by atoms with van der Waals surface area (Å²) in [4.78, 5) is 2.24. The zero-order chi connectivity index (χ0) is 14.4. The summed E-state index contributed by atoms with van der Waals surface area (Å²) < 4.78 is 5.81. The third-order valence-corrected chi connectivity index (χ3v) is 3.40. The largest absolute Gasteiger partial charge is 0.465 e. The second kappa shape index (κ2) is 7.15. The first-order valence-corrected chi connectivity index (χ1v) is 7.25. The van der Waals surface area contributed by atoms with Gasteiger partial charge in [-0.1, -0.05) is 25.1 Å². The first kappa shape index (κ1) is 14.7. The molecule has 2 rings (SSSR count). The molecule has 0 saturated carbocycles. The van der Waals surface area contributed by atoms with Crippen LogP contribution in [0.15, 0.2) is 40.8 Å². The van der Waals surface area contributed by atoms with Gasteiger partial charge in [-0.25, -0.2) is 0 Å². The van der Waals surface area contributed by atoms with Crippen molar-refractivity contribution < 1.29 is 4.42 Å². The van der Waals surface area contributed by atoms with Crippen molar-refractivity contribution in [3.63, 3.8) is 0 Å². The number of nitrogens with zero attached hydrogens (tertiary/aromatic N) is 1. The zero-order valence-corrected chi connectivity index (χ0v) is 12.6.